The molecule has 1 saturated carbocycles. The summed E-state index contributed by atoms with van der Waals surface area (Å²) in [5.74, 6) is -0.462. The van der Waals surface area contributed by atoms with E-state index in [0.29, 0.717) is 18.5 Å². The first-order valence-corrected chi connectivity index (χ1v) is 8.80. The van der Waals surface area contributed by atoms with Crippen molar-refractivity contribution in [1.29, 1.82) is 0 Å². The molecule has 2 amide bonds. The number of benzene rings is 2. The van der Waals surface area contributed by atoms with Crippen LogP contribution in [0.2, 0.25) is 0 Å². The van der Waals surface area contributed by atoms with Gasteiger partial charge in [0.2, 0.25) is 11.8 Å². The molecule has 0 unspecified atom stereocenters. The Labute approximate surface area is 154 Å². The normalized spacial score (nSPS) is 14.5. The lowest BCUT2D eigenvalue weighted by atomic mass is 10.0. The summed E-state index contributed by atoms with van der Waals surface area (Å²) < 4.78 is 0. The number of anilines is 3. The Morgan fingerprint density at radius 3 is 1.92 bits per heavy atom. The molecule has 0 bridgehead atoms. The maximum atomic E-state index is 12.8. The molecule has 0 aromatic heterocycles. The average molecular weight is 351 g/mol. The Bertz CT molecular complexity index is 817. The smallest absolute Gasteiger partial charge is 0.240 e. The van der Waals surface area contributed by atoms with Crippen LogP contribution in [0.4, 0.5) is 17.1 Å². The Morgan fingerprint density at radius 2 is 1.42 bits per heavy atom. The summed E-state index contributed by atoms with van der Waals surface area (Å²) in [6.07, 6.45) is 1.15. The van der Waals surface area contributed by atoms with Crippen molar-refractivity contribution in [1.82, 2.24) is 0 Å². The Balaban J connectivity index is 1.71. The van der Waals surface area contributed by atoms with Gasteiger partial charge in [0.1, 0.15) is 5.41 Å². The van der Waals surface area contributed by atoms with Crippen LogP contribution >= 0.6 is 0 Å². The first-order chi connectivity index (χ1) is 12.3. The summed E-state index contributed by atoms with van der Waals surface area (Å²) in [6.45, 7) is 3.91. The fraction of sp³-hybridized carbons (Fsp3) is 0.333. The summed E-state index contributed by atoms with van der Waals surface area (Å²) >= 11 is 0. The zero-order valence-electron chi connectivity index (χ0n) is 15.7. The van der Waals surface area contributed by atoms with Crippen molar-refractivity contribution in [3.05, 3.63) is 53.6 Å². The highest BCUT2D eigenvalue weighted by molar-refractivity contribution is 6.17. The Kier molecular flexibility index (Phi) is 4.72. The SMILES string of the molecule is Cc1cccc(C)c1NC(=O)C1(C(=O)Nc2ccc(N(C)C)cc2)CC1. The monoisotopic (exact) mass is 351 g/mol. The first kappa shape index (κ1) is 18.0. The molecule has 0 atom stereocenters. The molecule has 136 valence electrons. The molecule has 0 aliphatic heterocycles. The van der Waals surface area contributed by atoms with E-state index in [4.69, 9.17) is 0 Å². The minimum absolute atomic E-state index is 0.225. The highest BCUT2D eigenvalue weighted by Crippen LogP contribution is 2.47. The van der Waals surface area contributed by atoms with Crippen molar-refractivity contribution in [3.63, 3.8) is 0 Å². The molecule has 1 fully saturated rings. The second-order valence-electron chi connectivity index (χ2n) is 7.20. The topological polar surface area (TPSA) is 61.4 Å². The number of nitrogens with one attached hydrogen (secondary N) is 2. The van der Waals surface area contributed by atoms with Gasteiger partial charge in [-0.3, -0.25) is 9.59 Å². The Morgan fingerprint density at radius 1 is 0.885 bits per heavy atom. The number of hydrogen-bond donors (Lipinski definition) is 2. The van der Waals surface area contributed by atoms with E-state index in [1.165, 1.54) is 0 Å². The molecule has 0 spiro atoms. The number of hydrogen-bond acceptors (Lipinski definition) is 3. The van der Waals surface area contributed by atoms with Gasteiger partial charge < -0.3 is 15.5 Å². The maximum absolute atomic E-state index is 12.8. The second-order valence-corrected chi connectivity index (χ2v) is 7.20. The predicted molar refractivity (Wildman–Crippen MR) is 106 cm³/mol. The Hall–Kier alpha value is -2.82. The van der Waals surface area contributed by atoms with Crippen LogP contribution in [-0.2, 0) is 9.59 Å². The standard InChI is InChI=1S/C21H25N3O2/c1-14-6-5-7-15(2)18(14)23-20(26)21(12-13-21)19(25)22-16-8-10-17(11-9-16)24(3)4/h5-11H,12-13H2,1-4H3,(H,22,25)(H,23,26). The molecular formula is C21H25N3O2. The summed E-state index contributed by atoms with van der Waals surface area (Å²) in [4.78, 5) is 27.5. The first-order valence-electron chi connectivity index (χ1n) is 8.80. The van der Waals surface area contributed by atoms with Crippen LogP contribution in [0.25, 0.3) is 0 Å². The largest absolute Gasteiger partial charge is 0.378 e. The van der Waals surface area contributed by atoms with Gasteiger partial charge in [0.05, 0.1) is 0 Å². The molecule has 3 rings (SSSR count). The molecule has 0 heterocycles. The lowest BCUT2D eigenvalue weighted by Crippen LogP contribution is -2.36. The molecule has 0 saturated heterocycles. The predicted octanol–water partition coefficient (Wildman–Crippen LogP) is 3.73. The van der Waals surface area contributed by atoms with Gasteiger partial charge in [-0.2, -0.15) is 0 Å². The molecule has 5 nitrogen and oxygen atoms in total. The number of aryl methyl sites for hydroxylation is 2. The minimum atomic E-state index is -0.963. The van der Waals surface area contributed by atoms with Gasteiger partial charge in [0.25, 0.3) is 0 Å². The van der Waals surface area contributed by atoms with E-state index in [1.54, 1.807) is 0 Å². The molecule has 2 aromatic carbocycles. The van der Waals surface area contributed by atoms with Gasteiger partial charge in [0.15, 0.2) is 0 Å². The van der Waals surface area contributed by atoms with Crippen molar-refractivity contribution in [2.75, 3.05) is 29.6 Å². The van der Waals surface area contributed by atoms with Crippen LogP contribution in [0.5, 0.6) is 0 Å². The lowest BCUT2D eigenvalue weighted by molar-refractivity contribution is -0.131. The minimum Gasteiger partial charge on any atom is -0.378 e. The summed E-state index contributed by atoms with van der Waals surface area (Å²) in [5, 5.41) is 5.85. The third-order valence-electron chi connectivity index (χ3n) is 4.98. The molecule has 2 aromatic rings. The van der Waals surface area contributed by atoms with E-state index in [1.807, 2.05) is 75.3 Å². The second kappa shape index (κ2) is 6.83. The van der Waals surface area contributed by atoms with Gasteiger partial charge >= 0.3 is 0 Å². The van der Waals surface area contributed by atoms with Crippen molar-refractivity contribution in [2.24, 2.45) is 5.41 Å². The van der Waals surface area contributed by atoms with Crippen LogP contribution < -0.4 is 15.5 Å². The number of amides is 2. The number of carbonyl (C=O) groups is 2. The van der Waals surface area contributed by atoms with Crippen molar-refractivity contribution in [3.8, 4) is 0 Å². The van der Waals surface area contributed by atoms with Crippen LogP contribution in [0.15, 0.2) is 42.5 Å². The van der Waals surface area contributed by atoms with E-state index in [9.17, 15) is 9.59 Å². The van der Waals surface area contributed by atoms with Gasteiger partial charge in [-0.25, -0.2) is 0 Å². The molecule has 5 heteroatoms. The van der Waals surface area contributed by atoms with E-state index < -0.39 is 5.41 Å². The van der Waals surface area contributed by atoms with Crippen molar-refractivity contribution in [2.45, 2.75) is 26.7 Å². The van der Waals surface area contributed by atoms with Crippen LogP contribution in [0.3, 0.4) is 0 Å². The zero-order chi connectivity index (χ0) is 18.9. The van der Waals surface area contributed by atoms with Gasteiger partial charge in [-0.15, -0.1) is 0 Å². The number of para-hydroxylation sites is 1. The lowest BCUT2D eigenvalue weighted by Gasteiger charge is -2.18. The van der Waals surface area contributed by atoms with Crippen molar-refractivity contribution >= 4 is 28.9 Å². The highest BCUT2D eigenvalue weighted by atomic mass is 16.2. The molecule has 1 aliphatic rings. The van der Waals surface area contributed by atoms with Gasteiger partial charge in [-0.05, 0) is 62.1 Å². The summed E-state index contributed by atoms with van der Waals surface area (Å²) in [5.41, 5.74) is 3.58. The molecule has 0 radical (unpaired) electrons. The number of nitrogens with zero attached hydrogens (tertiary/aromatic N) is 1. The maximum Gasteiger partial charge on any atom is 0.240 e. The number of carbonyl (C=O) groups excluding carboxylic acids is 2. The summed E-state index contributed by atoms with van der Waals surface area (Å²) in [7, 11) is 3.93. The fourth-order valence-corrected chi connectivity index (χ4v) is 3.02. The fourth-order valence-electron chi connectivity index (χ4n) is 3.02. The molecule has 2 N–H and O–H groups in total. The van der Waals surface area contributed by atoms with Gasteiger partial charge in [0, 0.05) is 31.2 Å². The van der Waals surface area contributed by atoms with E-state index in [-0.39, 0.29) is 11.8 Å². The van der Waals surface area contributed by atoms with E-state index in [0.717, 1.165) is 22.5 Å². The molecule has 1 aliphatic carbocycles. The average Bonchev–Trinajstić information content (AvgIpc) is 3.40. The number of rotatable bonds is 5. The summed E-state index contributed by atoms with van der Waals surface area (Å²) in [6, 6.07) is 13.4. The third-order valence-corrected chi connectivity index (χ3v) is 4.98. The van der Waals surface area contributed by atoms with Crippen molar-refractivity contribution < 1.29 is 9.59 Å². The zero-order valence-corrected chi connectivity index (χ0v) is 15.7. The van der Waals surface area contributed by atoms with Gasteiger partial charge in [-0.1, -0.05) is 18.2 Å². The van der Waals surface area contributed by atoms with Crippen LogP contribution in [-0.4, -0.2) is 25.9 Å². The van der Waals surface area contributed by atoms with E-state index >= 15 is 0 Å². The van der Waals surface area contributed by atoms with E-state index in [2.05, 4.69) is 10.6 Å². The molecule has 26 heavy (non-hydrogen) atoms. The highest BCUT2D eigenvalue weighted by Gasteiger charge is 2.56. The molecular weight excluding hydrogens is 326 g/mol. The van der Waals surface area contributed by atoms with Crippen LogP contribution in [0.1, 0.15) is 24.0 Å². The quantitative estimate of drug-likeness (QED) is 0.807. The third kappa shape index (κ3) is 3.43. The van der Waals surface area contributed by atoms with Crippen LogP contribution in [0, 0.1) is 19.3 Å².